The molecule has 100 valence electrons. The monoisotopic (exact) mass is 262 g/mol. The zero-order valence-electron chi connectivity index (χ0n) is 10.5. The van der Waals surface area contributed by atoms with E-state index in [2.05, 4.69) is 5.32 Å². The number of sulfone groups is 1. The number of carbonyl (C=O) groups is 1. The Bertz CT molecular complexity index is 369. The van der Waals surface area contributed by atoms with E-state index in [9.17, 15) is 13.2 Å². The Labute approximate surface area is 103 Å². The fourth-order valence-electron chi connectivity index (χ4n) is 2.00. The Balaban J connectivity index is 2.42. The van der Waals surface area contributed by atoms with Gasteiger partial charge >= 0.3 is 0 Å². The van der Waals surface area contributed by atoms with Crippen molar-refractivity contribution in [3.05, 3.63) is 0 Å². The van der Waals surface area contributed by atoms with Crippen molar-refractivity contribution in [2.45, 2.75) is 50.6 Å². The molecular formula is C11H22N2O3S. The Morgan fingerprint density at radius 2 is 2.06 bits per heavy atom. The first kappa shape index (κ1) is 14.4. The quantitative estimate of drug-likeness (QED) is 0.715. The van der Waals surface area contributed by atoms with Crippen LogP contribution in [0.3, 0.4) is 0 Å². The standard InChI is InChI=1S/C11H22N2O3S/c1-3-11(6-4-7-11)13-10(14)9(12)5-8-17(2,15)16/h9H,3-8,12H2,1-2H3,(H,13,14). The molecule has 0 bridgehead atoms. The van der Waals surface area contributed by atoms with E-state index in [4.69, 9.17) is 5.73 Å². The third-order valence-corrected chi connectivity index (χ3v) is 4.49. The van der Waals surface area contributed by atoms with E-state index in [-0.39, 0.29) is 23.6 Å². The molecule has 0 spiro atoms. The molecule has 1 saturated carbocycles. The molecule has 0 aliphatic heterocycles. The first-order chi connectivity index (χ1) is 7.78. The fraction of sp³-hybridized carbons (Fsp3) is 0.909. The van der Waals surface area contributed by atoms with Gasteiger partial charge < -0.3 is 11.1 Å². The normalized spacial score (nSPS) is 20.4. The van der Waals surface area contributed by atoms with Crippen LogP contribution in [0.25, 0.3) is 0 Å². The van der Waals surface area contributed by atoms with Crippen molar-refractivity contribution in [2.24, 2.45) is 5.73 Å². The molecule has 0 aromatic carbocycles. The first-order valence-electron chi connectivity index (χ1n) is 6.03. The summed E-state index contributed by atoms with van der Waals surface area (Å²) in [5, 5.41) is 2.96. The largest absolute Gasteiger partial charge is 0.349 e. The molecule has 17 heavy (non-hydrogen) atoms. The van der Waals surface area contributed by atoms with Crippen LogP contribution in [0.1, 0.15) is 39.0 Å². The SMILES string of the molecule is CCC1(NC(=O)C(N)CCS(C)(=O)=O)CCC1. The van der Waals surface area contributed by atoms with E-state index in [1.54, 1.807) is 0 Å². The average Bonchev–Trinajstić information content (AvgIpc) is 2.18. The lowest BCUT2D eigenvalue weighted by molar-refractivity contribution is -0.125. The molecule has 0 aromatic heterocycles. The van der Waals surface area contributed by atoms with Crippen LogP contribution in [0.15, 0.2) is 0 Å². The van der Waals surface area contributed by atoms with Gasteiger partial charge in [0.2, 0.25) is 5.91 Å². The van der Waals surface area contributed by atoms with Gasteiger partial charge in [0.25, 0.3) is 0 Å². The fourth-order valence-corrected chi connectivity index (χ4v) is 2.68. The molecule has 1 fully saturated rings. The third kappa shape index (κ3) is 4.27. The molecule has 0 radical (unpaired) electrons. The van der Waals surface area contributed by atoms with Crippen LogP contribution in [0, 0.1) is 0 Å². The van der Waals surface area contributed by atoms with Crippen LogP contribution in [-0.2, 0) is 14.6 Å². The Kier molecular flexibility index (Phi) is 4.55. The minimum absolute atomic E-state index is 0.0410. The average molecular weight is 262 g/mol. The summed E-state index contributed by atoms with van der Waals surface area (Å²) in [7, 11) is -3.05. The molecule has 1 amide bonds. The minimum atomic E-state index is -3.05. The van der Waals surface area contributed by atoms with E-state index in [0.717, 1.165) is 31.9 Å². The molecule has 1 aliphatic carbocycles. The van der Waals surface area contributed by atoms with E-state index in [1.165, 1.54) is 0 Å². The summed E-state index contributed by atoms with van der Waals surface area (Å²) in [6.07, 6.45) is 5.36. The number of nitrogens with two attached hydrogens (primary N) is 1. The molecule has 3 N–H and O–H groups in total. The summed E-state index contributed by atoms with van der Waals surface area (Å²) in [5.41, 5.74) is 5.61. The number of carbonyl (C=O) groups excluding carboxylic acids is 1. The second-order valence-corrected chi connectivity index (χ2v) is 7.26. The number of rotatable bonds is 6. The van der Waals surface area contributed by atoms with E-state index in [1.807, 2.05) is 6.92 Å². The van der Waals surface area contributed by atoms with Crippen LogP contribution in [-0.4, -0.2) is 37.9 Å². The van der Waals surface area contributed by atoms with Gasteiger partial charge in [-0.2, -0.15) is 0 Å². The van der Waals surface area contributed by atoms with Crippen LogP contribution in [0.5, 0.6) is 0 Å². The maximum Gasteiger partial charge on any atom is 0.237 e. The van der Waals surface area contributed by atoms with Crippen molar-refractivity contribution >= 4 is 15.7 Å². The third-order valence-electron chi connectivity index (χ3n) is 3.51. The molecular weight excluding hydrogens is 240 g/mol. The lowest BCUT2D eigenvalue weighted by Crippen LogP contribution is -2.57. The molecule has 0 aromatic rings. The van der Waals surface area contributed by atoms with Crippen molar-refractivity contribution in [3.8, 4) is 0 Å². The van der Waals surface area contributed by atoms with Crippen LogP contribution in [0.4, 0.5) is 0 Å². The topological polar surface area (TPSA) is 89.3 Å². The predicted molar refractivity (Wildman–Crippen MR) is 67.3 cm³/mol. The summed E-state index contributed by atoms with van der Waals surface area (Å²) in [6.45, 7) is 2.04. The smallest absolute Gasteiger partial charge is 0.237 e. The van der Waals surface area contributed by atoms with Crippen LogP contribution >= 0.6 is 0 Å². The van der Waals surface area contributed by atoms with Crippen molar-refractivity contribution < 1.29 is 13.2 Å². The van der Waals surface area contributed by atoms with Gasteiger partial charge in [0.15, 0.2) is 0 Å². The number of amides is 1. The molecule has 1 aliphatic rings. The van der Waals surface area contributed by atoms with E-state index < -0.39 is 15.9 Å². The highest BCUT2D eigenvalue weighted by Gasteiger charge is 2.37. The van der Waals surface area contributed by atoms with E-state index in [0.29, 0.717) is 0 Å². The molecule has 1 unspecified atom stereocenters. The van der Waals surface area contributed by atoms with Gasteiger partial charge in [0, 0.05) is 11.8 Å². The van der Waals surface area contributed by atoms with Crippen molar-refractivity contribution in [3.63, 3.8) is 0 Å². The van der Waals surface area contributed by atoms with Gasteiger partial charge in [0.1, 0.15) is 9.84 Å². The van der Waals surface area contributed by atoms with Gasteiger partial charge in [0.05, 0.1) is 11.8 Å². The molecule has 6 heteroatoms. The Morgan fingerprint density at radius 3 is 2.41 bits per heavy atom. The summed E-state index contributed by atoms with van der Waals surface area (Å²) < 4.78 is 22.0. The highest BCUT2D eigenvalue weighted by molar-refractivity contribution is 7.90. The van der Waals surface area contributed by atoms with Crippen molar-refractivity contribution in [1.82, 2.24) is 5.32 Å². The second kappa shape index (κ2) is 5.35. The van der Waals surface area contributed by atoms with Gasteiger partial charge in [-0.05, 0) is 32.1 Å². The molecule has 0 heterocycles. The van der Waals surface area contributed by atoms with Gasteiger partial charge in [-0.25, -0.2) is 8.42 Å². The second-order valence-electron chi connectivity index (χ2n) is 5.00. The van der Waals surface area contributed by atoms with Gasteiger partial charge in [-0.15, -0.1) is 0 Å². The lowest BCUT2D eigenvalue weighted by Gasteiger charge is -2.42. The van der Waals surface area contributed by atoms with Gasteiger partial charge in [-0.1, -0.05) is 6.92 Å². The van der Waals surface area contributed by atoms with Crippen LogP contribution < -0.4 is 11.1 Å². The number of hydrogen-bond acceptors (Lipinski definition) is 4. The molecule has 5 nitrogen and oxygen atoms in total. The van der Waals surface area contributed by atoms with Crippen molar-refractivity contribution in [1.29, 1.82) is 0 Å². The summed E-state index contributed by atoms with van der Waals surface area (Å²) in [4.78, 5) is 11.8. The molecule has 1 atom stereocenters. The predicted octanol–water partition coefficient (Wildman–Crippen LogP) is 0.197. The number of hydrogen-bond donors (Lipinski definition) is 2. The first-order valence-corrected chi connectivity index (χ1v) is 8.09. The van der Waals surface area contributed by atoms with Crippen molar-refractivity contribution in [2.75, 3.05) is 12.0 Å². The van der Waals surface area contributed by atoms with E-state index >= 15 is 0 Å². The van der Waals surface area contributed by atoms with Gasteiger partial charge in [-0.3, -0.25) is 4.79 Å². The lowest BCUT2D eigenvalue weighted by atomic mass is 9.74. The Hall–Kier alpha value is -0.620. The summed E-state index contributed by atoms with van der Waals surface area (Å²) >= 11 is 0. The number of nitrogens with one attached hydrogen (secondary N) is 1. The highest BCUT2D eigenvalue weighted by Crippen LogP contribution is 2.34. The maximum absolute atomic E-state index is 11.8. The zero-order valence-corrected chi connectivity index (χ0v) is 11.3. The summed E-state index contributed by atoms with van der Waals surface area (Å²) in [5.74, 6) is -0.268. The maximum atomic E-state index is 11.8. The molecule has 0 saturated heterocycles. The zero-order chi connectivity index (χ0) is 13.1. The Morgan fingerprint density at radius 1 is 1.47 bits per heavy atom. The highest BCUT2D eigenvalue weighted by atomic mass is 32.2. The summed E-state index contributed by atoms with van der Waals surface area (Å²) in [6, 6.07) is -0.728. The molecule has 1 rings (SSSR count). The van der Waals surface area contributed by atoms with Crippen LogP contribution in [0.2, 0.25) is 0 Å². The minimum Gasteiger partial charge on any atom is -0.349 e.